The molecule has 20 heavy (non-hydrogen) atoms. The number of guanidine groups is 1. The van der Waals surface area contributed by atoms with Gasteiger partial charge in [0.25, 0.3) is 0 Å². The molecule has 0 saturated carbocycles. The minimum atomic E-state index is 0.589. The van der Waals surface area contributed by atoms with Gasteiger partial charge < -0.3 is 15.0 Å². The smallest absolute Gasteiger partial charge is 0.210 e. The van der Waals surface area contributed by atoms with Crippen LogP contribution in [0, 0.1) is 0 Å². The fourth-order valence-corrected chi connectivity index (χ4v) is 2.06. The molecule has 4 N–H and O–H groups in total. The van der Waals surface area contributed by atoms with Crippen molar-refractivity contribution in [1.29, 1.82) is 0 Å². The van der Waals surface area contributed by atoms with Crippen LogP contribution in [0.2, 0.25) is 0 Å². The predicted molar refractivity (Wildman–Crippen MR) is 83.0 cm³/mol. The first-order valence-electron chi connectivity index (χ1n) is 7.04. The second kappa shape index (κ2) is 7.72. The third kappa shape index (κ3) is 4.11. The number of hydrogen-bond acceptors (Lipinski definition) is 4. The molecule has 0 amide bonds. The van der Waals surface area contributed by atoms with E-state index in [-0.39, 0.29) is 0 Å². The molecule has 1 saturated heterocycles. The maximum atomic E-state index is 5.44. The summed E-state index contributed by atoms with van der Waals surface area (Å²) in [5, 5.41) is 3.16. The highest BCUT2D eigenvalue weighted by atomic mass is 16.5. The molecule has 0 spiro atoms. The topological polar surface area (TPSA) is 74.9 Å². The zero-order valence-electron chi connectivity index (χ0n) is 11.9. The van der Waals surface area contributed by atoms with Gasteiger partial charge >= 0.3 is 0 Å². The van der Waals surface area contributed by atoms with Crippen molar-refractivity contribution in [2.24, 2.45) is 10.8 Å². The van der Waals surface area contributed by atoms with Crippen LogP contribution >= 0.6 is 0 Å². The van der Waals surface area contributed by atoms with Crippen LogP contribution in [0.3, 0.4) is 0 Å². The molecule has 2 rings (SSSR count). The van der Waals surface area contributed by atoms with Gasteiger partial charge in [-0.05, 0) is 30.7 Å². The first-order valence-corrected chi connectivity index (χ1v) is 7.04. The van der Waals surface area contributed by atoms with E-state index in [0.717, 1.165) is 45.0 Å². The van der Waals surface area contributed by atoms with Gasteiger partial charge in [0.05, 0.1) is 13.2 Å². The van der Waals surface area contributed by atoms with E-state index in [0.29, 0.717) is 5.96 Å². The number of nitrogens with one attached hydrogen (secondary N) is 2. The van der Waals surface area contributed by atoms with Crippen molar-refractivity contribution < 1.29 is 4.74 Å². The molecule has 1 aromatic rings. The van der Waals surface area contributed by atoms with Crippen molar-refractivity contribution >= 4 is 17.3 Å². The van der Waals surface area contributed by atoms with E-state index in [1.165, 1.54) is 5.69 Å². The maximum Gasteiger partial charge on any atom is 0.210 e. The molecule has 0 unspecified atom stereocenters. The molecule has 1 aromatic carbocycles. The Bertz CT molecular complexity index is 426. The van der Waals surface area contributed by atoms with Gasteiger partial charge in [-0.3, -0.25) is 10.4 Å². The van der Waals surface area contributed by atoms with Crippen molar-refractivity contribution in [2.75, 3.05) is 43.1 Å². The summed E-state index contributed by atoms with van der Waals surface area (Å²) in [6.45, 7) is 6.31. The number of ether oxygens (including phenoxy) is 1. The number of benzene rings is 1. The van der Waals surface area contributed by atoms with E-state index in [1.807, 2.05) is 12.1 Å². The number of aliphatic imine (C=N–C) groups is 1. The van der Waals surface area contributed by atoms with Crippen molar-refractivity contribution in [3.8, 4) is 0 Å². The fraction of sp³-hybridized carbons (Fsp3) is 0.500. The average molecular weight is 277 g/mol. The lowest BCUT2D eigenvalue weighted by Crippen LogP contribution is -2.37. The number of morpholine rings is 1. The summed E-state index contributed by atoms with van der Waals surface area (Å²) in [6.07, 6.45) is 0.989. The molecular formula is C14H23N5O. The van der Waals surface area contributed by atoms with E-state index in [2.05, 4.69) is 39.7 Å². The Morgan fingerprint density at radius 2 is 2.00 bits per heavy atom. The highest BCUT2D eigenvalue weighted by Gasteiger charge is 2.10. The van der Waals surface area contributed by atoms with E-state index < -0.39 is 0 Å². The maximum absolute atomic E-state index is 5.44. The monoisotopic (exact) mass is 277 g/mol. The normalized spacial score (nSPS) is 16.1. The number of hydrazine groups is 1. The molecular weight excluding hydrogens is 254 g/mol. The van der Waals surface area contributed by atoms with Gasteiger partial charge in [-0.25, -0.2) is 5.84 Å². The zero-order valence-corrected chi connectivity index (χ0v) is 11.9. The third-order valence-corrected chi connectivity index (χ3v) is 3.14. The Morgan fingerprint density at radius 1 is 1.30 bits per heavy atom. The second-order valence-electron chi connectivity index (χ2n) is 4.65. The predicted octanol–water partition coefficient (Wildman–Crippen LogP) is 1.16. The van der Waals surface area contributed by atoms with Crippen molar-refractivity contribution in [3.63, 3.8) is 0 Å². The number of rotatable bonds is 4. The molecule has 0 radical (unpaired) electrons. The van der Waals surface area contributed by atoms with Crippen molar-refractivity contribution in [3.05, 3.63) is 24.3 Å². The lowest BCUT2D eigenvalue weighted by molar-refractivity contribution is 0.122. The summed E-state index contributed by atoms with van der Waals surface area (Å²) >= 11 is 0. The molecule has 1 aliphatic rings. The molecule has 0 aromatic heterocycles. The molecule has 110 valence electrons. The van der Waals surface area contributed by atoms with Crippen molar-refractivity contribution in [1.82, 2.24) is 5.43 Å². The number of nitrogens with zero attached hydrogens (tertiary/aromatic N) is 2. The first-order chi connectivity index (χ1) is 9.83. The summed E-state index contributed by atoms with van der Waals surface area (Å²) < 4.78 is 5.36. The Kier molecular flexibility index (Phi) is 5.64. The van der Waals surface area contributed by atoms with Gasteiger partial charge in [-0.1, -0.05) is 6.92 Å². The fourth-order valence-electron chi connectivity index (χ4n) is 2.06. The van der Waals surface area contributed by atoms with Crippen molar-refractivity contribution in [2.45, 2.75) is 13.3 Å². The van der Waals surface area contributed by atoms with Crippen LogP contribution in [0.4, 0.5) is 11.4 Å². The Labute approximate surface area is 120 Å². The summed E-state index contributed by atoms with van der Waals surface area (Å²) in [5.74, 6) is 6.03. The van der Waals surface area contributed by atoms with Crippen LogP contribution in [-0.2, 0) is 4.74 Å². The summed E-state index contributed by atoms with van der Waals surface area (Å²) in [5.41, 5.74) is 4.76. The molecule has 0 bridgehead atoms. The summed E-state index contributed by atoms with van der Waals surface area (Å²) in [4.78, 5) is 6.63. The lowest BCUT2D eigenvalue weighted by atomic mass is 10.2. The van der Waals surface area contributed by atoms with E-state index in [9.17, 15) is 0 Å². The van der Waals surface area contributed by atoms with Crippen LogP contribution in [0.25, 0.3) is 0 Å². The molecule has 6 heteroatoms. The number of hydrogen-bond donors (Lipinski definition) is 3. The molecule has 0 aliphatic carbocycles. The van der Waals surface area contributed by atoms with E-state index in [4.69, 9.17) is 10.6 Å². The summed E-state index contributed by atoms with van der Waals surface area (Å²) in [6, 6.07) is 8.26. The second-order valence-corrected chi connectivity index (χ2v) is 4.65. The van der Waals surface area contributed by atoms with Gasteiger partial charge in [0.1, 0.15) is 0 Å². The Morgan fingerprint density at radius 3 is 2.60 bits per heavy atom. The molecule has 1 fully saturated rings. The van der Waals surface area contributed by atoms with Gasteiger partial charge in [0.2, 0.25) is 5.96 Å². The highest BCUT2D eigenvalue weighted by Crippen LogP contribution is 2.18. The number of nitrogens with two attached hydrogens (primary N) is 1. The van der Waals surface area contributed by atoms with Gasteiger partial charge in [-0.2, -0.15) is 0 Å². The average Bonchev–Trinajstić information content (AvgIpc) is 2.53. The standard InChI is InChI=1S/C14H23N5O/c1-2-7-16-14(18-15)17-12-3-5-13(6-4-12)19-8-10-20-11-9-19/h3-6H,2,7-11,15H2,1H3,(H2,16,17,18). The highest BCUT2D eigenvalue weighted by molar-refractivity contribution is 5.93. The molecule has 1 heterocycles. The molecule has 1 aliphatic heterocycles. The Hall–Kier alpha value is -1.79. The van der Waals surface area contributed by atoms with Crippen LogP contribution in [0.1, 0.15) is 13.3 Å². The van der Waals surface area contributed by atoms with Gasteiger partial charge in [0, 0.05) is 31.0 Å². The minimum Gasteiger partial charge on any atom is -0.378 e. The van der Waals surface area contributed by atoms with Crippen LogP contribution in [-0.4, -0.2) is 38.8 Å². The first kappa shape index (κ1) is 14.6. The zero-order chi connectivity index (χ0) is 14.2. The third-order valence-electron chi connectivity index (χ3n) is 3.14. The van der Waals surface area contributed by atoms with Crippen LogP contribution < -0.4 is 21.5 Å². The van der Waals surface area contributed by atoms with Gasteiger partial charge in [-0.15, -0.1) is 0 Å². The van der Waals surface area contributed by atoms with Crippen LogP contribution in [0.5, 0.6) is 0 Å². The molecule has 6 nitrogen and oxygen atoms in total. The SMILES string of the molecule is CCCN=C(NN)Nc1ccc(N2CCOCC2)cc1. The summed E-state index contributed by atoms with van der Waals surface area (Å²) in [7, 11) is 0. The minimum absolute atomic E-state index is 0.589. The van der Waals surface area contributed by atoms with E-state index >= 15 is 0 Å². The van der Waals surface area contributed by atoms with Crippen LogP contribution in [0.15, 0.2) is 29.3 Å². The lowest BCUT2D eigenvalue weighted by Gasteiger charge is -2.28. The largest absolute Gasteiger partial charge is 0.378 e. The van der Waals surface area contributed by atoms with Gasteiger partial charge in [0.15, 0.2) is 0 Å². The Balaban J connectivity index is 1.96. The molecule has 0 atom stereocenters. The quantitative estimate of drug-likeness (QED) is 0.333. The van der Waals surface area contributed by atoms with E-state index in [1.54, 1.807) is 0 Å². The number of anilines is 2.